The minimum Gasteiger partial charge on any atom is -0.357 e. The monoisotopic (exact) mass is 434 g/mol. The summed E-state index contributed by atoms with van der Waals surface area (Å²) in [4.78, 5) is 14.5. The molecule has 4 fully saturated rings. The molecule has 0 aromatic carbocycles. The van der Waals surface area contributed by atoms with E-state index in [0.717, 1.165) is 19.3 Å². The molecule has 5 aliphatic rings. The van der Waals surface area contributed by atoms with Crippen LogP contribution in [0.15, 0.2) is 12.2 Å². The molecule has 3 aliphatic heterocycles. The van der Waals surface area contributed by atoms with Crippen molar-refractivity contribution in [2.45, 2.75) is 96.6 Å². The fourth-order valence-electron chi connectivity index (χ4n) is 6.79. The maximum atomic E-state index is 14.5. The number of carbonyl (C=O) groups excluding carboxylic acids is 1. The van der Waals surface area contributed by atoms with Gasteiger partial charge in [0.1, 0.15) is 6.10 Å². The van der Waals surface area contributed by atoms with Crippen LogP contribution < -0.4 is 0 Å². The number of allylic oxidation sites excluding steroid dienone is 2. The van der Waals surface area contributed by atoms with Crippen LogP contribution in [0.25, 0.3) is 0 Å². The molecule has 174 valence electrons. The van der Waals surface area contributed by atoms with Gasteiger partial charge >= 0.3 is 0 Å². The van der Waals surface area contributed by atoms with E-state index in [0.29, 0.717) is 26.2 Å². The second kappa shape index (κ2) is 6.86. The molecule has 0 aromatic rings. The summed E-state index contributed by atoms with van der Waals surface area (Å²) in [5.74, 6) is -1.22. The van der Waals surface area contributed by atoms with Crippen LogP contribution in [-0.4, -0.2) is 55.0 Å². The van der Waals surface area contributed by atoms with Crippen molar-refractivity contribution >= 4 is 5.78 Å². The summed E-state index contributed by atoms with van der Waals surface area (Å²) in [5.41, 5.74) is -1.35. The van der Waals surface area contributed by atoms with E-state index in [1.165, 1.54) is 0 Å². The van der Waals surface area contributed by atoms with Crippen LogP contribution in [0.2, 0.25) is 0 Å². The smallest absolute Gasteiger partial charge is 0.172 e. The van der Waals surface area contributed by atoms with Gasteiger partial charge in [0.15, 0.2) is 23.0 Å². The lowest BCUT2D eigenvalue weighted by molar-refractivity contribution is -0.309. The molecule has 0 aromatic heterocycles. The van der Waals surface area contributed by atoms with Gasteiger partial charge in [-0.2, -0.15) is 0 Å². The Bertz CT molecular complexity index is 781. The van der Waals surface area contributed by atoms with E-state index in [4.69, 9.17) is 23.7 Å². The van der Waals surface area contributed by atoms with Crippen LogP contribution in [-0.2, 0) is 28.5 Å². The number of fused-ring (bicyclic) bond motifs is 3. The number of rotatable bonds is 2. The van der Waals surface area contributed by atoms with Crippen LogP contribution in [0, 0.1) is 22.7 Å². The molecule has 5 rings (SSSR count). The summed E-state index contributed by atoms with van der Waals surface area (Å²) in [5, 5.41) is 0. The van der Waals surface area contributed by atoms with Crippen molar-refractivity contribution in [2.75, 3.05) is 19.8 Å². The van der Waals surface area contributed by atoms with Crippen molar-refractivity contribution in [1.82, 2.24) is 0 Å². The zero-order valence-corrected chi connectivity index (χ0v) is 19.9. The Hall–Kier alpha value is -0.790. The van der Waals surface area contributed by atoms with E-state index < -0.39 is 17.2 Å². The van der Waals surface area contributed by atoms with Crippen LogP contribution >= 0.6 is 0 Å². The molecule has 6 heteroatoms. The largest absolute Gasteiger partial charge is 0.357 e. The molecular weight excluding hydrogens is 396 g/mol. The third-order valence-electron chi connectivity index (χ3n) is 8.60. The molecule has 6 nitrogen and oxygen atoms in total. The van der Waals surface area contributed by atoms with Crippen LogP contribution in [0.3, 0.4) is 0 Å². The first kappa shape index (κ1) is 22.0. The number of carbonyl (C=O) groups is 1. The Labute approximate surface area is 186 Å². The van der Waals surface area contributed by atoms with Gasteiger partial charge in [-0.25, -0.2) is 0 Å². The Morgan fingerprint density at radius 2 is 1.71 bits per heavy atom. The molecule has 0 bridgehead atoms. The Balaban J connectivity index is 1.50. The lowest BCUT2D eigenvalue weighted by atomic mass is 9.54. The summed E-state index contributed by atoms with van der Waals surface area (Å²) in [6.45, 7) is 14.2. The van der Waals surface area contributed by atoms with Gasteiger partial charge < -0.3 is 23.7 Å². The fourth-order valence-corrected chi connectivity index (χ4v) is 6.79. The Kier molecular flexibility index (Phi) is 4.87. The molecule has 1 spiro atoms. The molecule has 0 radical (unpaired) electrons. The minimum atomic E-state index is -0.823. The van der Waals surface area contributed by atoms with Crippen molar-refractivity contribution in [3.8, 4) is 0 Å². The lowest BCUT2D eigenvalue weighted by Crippen LogP contribution is -2.60. The zero-order chi connectivity index (χ0) is 22.3. The number of ketones is 1. The van der Waals surface area contributed by atoms with E-state index in [1.54, 1.807) is 0 Å². The van der Waals surface area contributed by atoms with Gasteiger partial charge in [0.2, 0.25) is 0 Å². The standard InChI is InChI=1S/C25H38O6/c1-21(2)9-7-10-23(5)11-8-17-16(15-29-22(3,4)30-17)19(23)20(26)25(21)18(31-25)14-24(6)27-12-13-28-24/h7,10,16-19H,8-9,11-15H2,1-6H3/b10-7+/t16-,17+,18-,19-,23-,25-/m1/s1. The third-order valence-corrected chi connectivity index (χ3v) is 8.60. The van der Waals surface area contributed by atoms with E-state index in [2.05, 4.69) is 32.9 Å². The average Bonchev–Trinajstić information content (AvgIpc) is 3.24. The molecule has 1 saturated carbocycles. The topological polar surface area (TPSA) is 66.5 Å². The highest BCUT2D eigenvalue weighted by Gasteiger charge is 2.74. The fraction of sp³-hybridized carbons (Fsp3) is 0.880. The second-order valence-corrected chi connectivity index (χ2v) is 11.8. The number of Topliss-reactive ketones (excluding diaryl/α,β-unsaturated/α-hetero) is 1. The molecule has 2 aliphatic carbocycles. The Morgan fingerprint density at radius 1 is 1.00 bits per heavy atom. The molecule has 6 atom stereocenters. The van der Waals surface area contributed by atoms with Crippen LogP contribution in [0.4, 0.5) is 0 Å². The highest BCUT2D eigenvalue weighted by Crippen LogP contribution is 2.62. The van der Waals surface area contributed by atoms with E-state index in [-0.39, 0.29) is 40.7 Å². The van der Waals surface area contributed by atoms with Crippen LogP contribution in [0.5, 0.6) is 0 Å². The van der Waals surface area contributed by atoms with Gasteiger partial charge in [-0.1, -0.05) is 32.9 Å². The van der Waals surface area contributed by atoms with Gasteiger partial charge in [0.05, 0.1) is 25.9 Å². The predicted molar refractivity (Wildman–Crippen MR) is 114 cm³/mol. The highest BCUT2D eigenvalue weighted by molar-refractivity contribution is 5.95. The minimum absolute atomic E-state index is 0.0362. The molecule has 31 heavy (non-hydrogen) atoms. The predicted octanol–water partition coefficient (Wildman–Crippen LogP) is 4.02. The van der Waals surface area contributed by atoms with Crippen molar-refractivity contribution in [3.63, 3.8) is 0 Å². The Morgan fingerprint density at radius 3 is 2.42 bits per heavy atom. The molecule has 0 unspecified atom stereocenters. The molecular formula is C25H38O6. The zero-order valence-electron chi connectivity index (χ0n) is 19.9. The van der Waals surface area contributed by atoms with E-state index >= 15 is 0 Å². The number of hydrogen-bond acceptors (Lipinski definition) is 6. The average molecular weight is 435 g/mol. The van der Waals surface area contributed by atoms with Gasteiger partial charge in [-0.15, -0.1) is 0 Å². The quantitative estimate of drug-likeness (QED) is 0.483. The normalized spacial score (nSPS) is 48.4. The first-order valence-electron chi connectivity index (χ1n) is 11.9. The lowest BCUT2D eigenvalue weighted by Gasteiger charge is -2.54. The molecule has 0 amide bonds. The van der Waals surface area contributed by atoms with Crippen molar-refractivity contribution in [1.29, 1.82) is 0 Å². The van der Waals surface area contributed by atoms with Crippen molar-refractivity contribution in [2.24, 2.45) is 22.7 Å². The highest BCUT2D eigenvalue weighted by atomic mass is 16.7. The van der Waals surface area contributed by atoms with Gasteiger partial charge in [-0.05, 0) is 45.4 Å². The maximum absolute atomic E-state index is 14.5. The summed E-state index contributed by atoms with van der Waals surface area (Å²) < 4.78 is 30.5. The summed E-state index contributed by atoms with van der Waals surface area (Å²) >= 11 is 0. The van der Waals surface area contributed by atoms with E-state index in [1.807, 2.05) is 20.8 Å². The van der Waals surface area contributed by atoms with Gasteiger partial charge in [0, 0.05) is 23.7 Å². The van der Waals surface area contributed by atoms with E-state index in [9.17, 15) is 4.79 Å². The molecule has 0 N–H and O–H groups in total. The summed E-state index contributed by atoms with van der Waals surface area (Å²) in [6, 6.07) is 0. The number of epoxide rings is 1. The summed E-state index contributed by atoms with van der Waals surface area (Å²) in [7, 11) is 0. The maximum Gasteiger partial charge on any atom is 0.172 e. The van der Waals surface area contributed by atoms with Crippen molar-refractivity contribution in [3.05, 3.63) is 12.2 Å². The van der Waals surface area contributed by atoms with Crippen molar-refractivity contribution < 1.29 is 28.5 Å². The van der Waals surface area contributed by atoms with Gasteiger partial charge in [0.25, 0.3) is 0 Å². The van der Waals surface area contributed by atoms with Crippen LogP contribution in [0.1, 0.15) is 67.2 Å². The first-order valence-corrected chi connectivity index (χ1v) is 11.9. The molecule has 3 heterocycles. The van der Waals surface area contributed by atoms with Gasteiger partial charge in [-0.3, -0.25) is 4.79 Å². The number of hydrogen-bond donors (Lipinski definition) is 0. The molecule has 3 saturated heterocycles. The second-order valence-electron chi connectivity index (χ2n) is 11.8. The third kappa shape index (κ3) is 3.36. The SMILES string of the molecule is CC1(C)OC[C@@H]2[C@H](CC[C@@]3(C)/C=C/CC(C)(C)[C@]4(O[C@@H]4CC4(C)OCCO4)C(=O)[C@@H]23)O1. The first-order chi connectivity index (χ1) is 14.4. The summed E-state index contributed by atoms with van der Waals surface area (Å²) in [6.07, 6.45) is 7.67. The number of ether oxygens (including phenoxy) is 5.